The molecule has 0 atom stereocenters. The number of methoxy groups -OCH3 is 2. The number of ether oxygens (including phenoxy) is 2. The standard InChI is InChI=1S/C18H18F2N2O4/c1-25-14-4-3-5-15(26-2)16(14)18(24)22-9-8-21-17(23)12-7-6-11(19)10-13(12)20/h3-7,10H,8-9H2,1-2H3,(H,21,23)(H,22,24). The molecule has 2 N–H and O–H groups in total. The van der Waals surface area contributed by atoms with Crippen molar-refractivity contribution in [3.05, 3.63) is 59.2 Å². The first-order chi connectivity index (χ1) is 12.5. The normalized spacial score (nSPS) is 10.2. The van der Waals surface area contributed by atoms with Gasteiger partial charge < -0.3 is 20.1 Å². The Balaban J connectivity index is 1.92. The van der Waals surface area contributed by atoms with Crippen molar-refractivity contribution in [2.45, 2.75) is 0 Å². The van der Waals surface area contributed by atoms with E-state index in [2.05, 4.69) is 10.6 Å². The molecule has 2 amide bonds. The van der Waals surface area contributed by atoms with Crippen LogP contribution in [0.5, 0.6) is 11.5 Å². The summed E-state index contributed by atoms with van der Waals surface area (Å²) in [5, 5.41) is 5.06. The van der Waals surface area contributed by atoms with Crippen LogP contribution in [0, 0.1) is 11.6 Å². The minimum atomic E-state index is -0.953. The van der Waals surface area contributed by atoms with Gasteiger partial charge in [0.25, 0.3) is 11.8 Å². The van der Waals surface area contributed by atoms with E-state index in [1.165, 1.54) is 14.2 Å². The van der Waals surface area contributed by atoms with Crippen LogP contribution >= 0.6 is 0 Å². The summed E-state index contributed by atoms with van der Waals surface area (Å²) in [6, 6.07) is 7.61. The molecule has 138 valence electrons. The summed E-state index contributed by atoms with van der Waals surface area (Å²) in [6.07, 6.45) is 0. The average Bonchev–Trinajstić information content (AvgIpc) is 2.64. The van der Waals surface area contributed by atoms with Gasteiger partial charge >= 0.3 is 0 Å². The summed E-state index contributed by atoms with van der Waals surface area (Å²) in [6.45, 7) is 0.146. The Bertz CT molecular complexity index is 790. The molecule has 8 heteroatoms. The number of benzene rings is 2. The molecule has 2 aromatic rings. The summed E-state index contributed by atoms with van der Waals surface area (Å²) in [5.41, 5.74) is -0.0440. The van der Waals surface area contributed by atoms with Crippen LogP contribution in [0.15, 0.2) is 36.4 Å². The SMILES string of the molecule is COc1cccc(OC)c1C(=O)NCCNC(=O)c1ccc(F)cc1F. The van der Waals surface area contributed by atoms with E-state index in [0.717, 1.165) is 12.1 Å². The fourth-order valence-corrected chi connectivity index (χ4v) is 2.28. The number of amides is 2. The van der Waals surface area contributed by atoms with Crippen LogP contribution in [0.4, 0.5) is 8.78 Å². The minimum absolute atomic E-state index is 0.0544. The number of carbonyl (C=O) groups is 2. The molecule has 2 aromatic carbocycles. The van der Waals surface area contributed by atoms with E-state index in [1.807, 2.05) is 0 Å². The lowest BCUT2D eigenvalue weighted by atomic mass is 10.1. The molecular formula is C18H18F2N2O4. The number of halogens is 2. The minimum Gasteiger partial charge on any atom is -0.496 e. The molecule has 0 heterocycles. The van der Waals surface area contributed by atoms with Gasteiger partial charge in [-0.15, -0.1) is 0 Å². The molecule has 0 unspecified atom stereocenters. The number of carbonyl (C=O) groups excluding carboxylic acids is 2. The van der Waals surface area contributed by atoms with Gasteiger partial charge in [0.05, 0.1) is 19.8 Å². The lowest BCUT2D eigenvalue weighted by Crippen LogP contribution is -2.35. The van der Waals surface area contributed by atoms with E-state index in [1.54, 1.807) is 18.2 Å². The van der Waals surface area contributed by atoms with Crippen molar-refractivity contribution in [1.82, 2.24) is 10.6 Å². The van der Waals surface area contributed by atoms with Crippen molar-refractivity contribution in [2.75, 3.05) is 27.3 Å². The second-order valence-electron chi connectivity index (χ2n) is 5.17. The molecule has 0 aromatic heterocycles. The van der Waals surface area contributed by atoms with E-state index in [4.69, 9.17) is 9.47 Å². The first-order valence-corrected chi connectivity index (χ1v) is 7.70. The van der Waals surface area contributed by atoms with E-state index in [-0.39, 0.29) is 24.2 Å². The molecule has 6 nitrogen and oxygen atoms in total. The Labute approximate surface area is 149 Å². The van der Waals surface area contributed by atoms with Crippen molar-refractivity contribution in [3.63, 3.8) is 0 Å². The van der Waals surface area contributed by atoms with Crippen molar-refractivity contribution >= 4 is 11.8 Å². The van der Waals surface area contributed by atoms with Crippen LogP contribution in [-0.2, 0) is 0 Å². The van der Waals surface area contributed by atoms with Gasteiger partial charge in [-0.05, 0) is 24.3 Å². The Hall–Kier alpha value is -3.16. The van der Waals surface area contributed by atoms with Gasteiger partial charge in [0.2, 0.25) is 0 Å². The van der Waals surface area contributed by atoms with Gasteiger partial charge in [-0.1, -0.05) is 6.07 Å². The topological polar surface area (TPSA) is 76.7 Å². The fraction of sp³-hybridized carbons (Fsp3) is 0.222. The molecule has 2 rings (SSSR count). The third kappa shape index (κ3) is 4.47. The van der Waals surface area contributed by atoms with Crippen LogP contribution in [0.25, 0.3) is 0 Å². The van der Waals surface area contributed by atoms with Gasteiger partial charge in [0, 0.05) is 19.2 Å². The van der Waals surface area contributed by atoms with E-state index < -0.39 is 23.4 Å². The molecule has 0 saturated heterocycles. The summed E-state index contributed by atoms with van der Waals surface area (Å²) in [5.74, 6) is -2.17. The van der Waals surface area contributed by atoms with Gasteiger partial charge in [-0.3, -0.25) is 9.59 Å². The maximum atomic E-state index is 13.5. The third-order valence-corrected chi connectivity index (χ3v) is 3.53. The lowest BCUT2D eigenvalue weighted by molar-refractivity contribution is 0.0922. The van der Waals surface area contributed by atoms with Crippen molar-refractivity contribution < 1.29 is 27.8 Å². The number of rotatable bonds is 7. The molecular weight excluding hydrogens is 346 g/mol. The molecule has 0 spiro atoms. The first kappa shape index (κ1) is 19.2. The zero-order chi connectivity index (χ0) is 19.1. The van der Waals surface area contributed by atoms with Gasteiger partial charge in [-0.25, -0.2) is 8.78 Å². The highest BCUT2D eigenvalue weighted by molar-refractivity contribution is 5.99. The van der Waals surface area contributed by atoms with Crippen molar-refractivity contribution in [2.24, 2.45) is 0 Å². The van der Waals surface area contributed by atoms with Crippen molar-refractivity contribution in [1.29, 1.82) is 0 Å². The number of hydrogen-bond acceptors (Lipinski definition) is 4. The highest BCUT2D eigenvalue weighted by Crippen LogP contribution is 2.27. The smallest absolute Gasteiger partial charge is 0.258 e. The molecule has 0 aliphatic heterocycles. The molecule has 0 saturated carbocycles. The Morgan fingerprint density at radius 1 is 0.923 bits per heavy atom. The fourth-order valence-electron chi connectivity index (χ4n) is 2.28. The Kier molecular flexibility index (Phi) is 6.48. The molecule has 0 aliphatic carbocycles. The molecule has 26 heavy (non-hydrogen) atoms. The second kappa shape index (κ2) is 8.80. The van der Waals surface area contributed by atoms with Gasteiger partial charge in [0.1, 0.15) is 28.7 Å². The maximum Gasteiger partial charge on any atom is 0.258 e. The highest BCUT2D eigenvalue weighted by atomic mass is 19.1. The first-order valence-electron chi connectivity index (χ1n) is 7.70. The largest absolute Gasteiger partial charge is 0.496 e. The lowest BCUT2D eigenvalue weighted by Gasteiger charge is -2.13. The Morgan fingerprint density at radius 2 is 1.50 bits per heavy atom. The summed E-state index contributed by atoms with van der Waals surface area (Å²) in [7, 11) is 2.87. The van der Waals surface area contributed by atoms with Crippen LogP contribution in [0.2, 0.25) is 0 Å². The van der Waals surface area contributed by atoms with E-state index in [9.17, 15) is 18.4 Å². The monoisotopic (exact) mass is 364 g/mol. The Morgan fingerprint density at radius 3 is 2.04 bits per heavy atom. The van der Waals surface area contributed by atoms with Crippen LogP contribution in [0.1, 0.15) is 20.7 Å². The number of hydrogen-bond donors (Lipinski definition) is 2. The van der Waals surface area contributed by atoms with E-state index >= 15 is 0 Å². The zero-order valence-corrected chi connectivity index (χ0v) is 14.3. The highest BCUT2D eigenvalue weighted by Gasteiger charge is 2.18. The second-order valence-corrected chi connectivity index (χ2v) is 5.17. The van der Waals surface area contributed by atoms with Crippen LogP contribution in [-0.4, -0.2) is 39.1 Å². The molecule has 0 radical (unpaired) electrons. The summed E-state index contributed by atoms with van der Waals surface area (Å²) >= 11 is 0. The zero-order valence-electron chi connectivity index (χ0n) is 14.3. The predicted molar refractivity (Wildman–Crippen MR) is 90.6 cm³/mol. The molecule has 0 bridgehead atoms. The summed E-state index contributed by atoms with van der Waals surface area (Å²) in [4.78, 5) is 24.2. The molecule has 0 aliphatic rings. The maximum absolute atomic E-state index is 13.5. The summed E-state index contributed by atoms with van der Waals surface area (Å²) < 4.78 is 36.7. The van der Waals surface area contributed by atoms with Crippen molar-refractivity contribution in [3.8, 4) is 11.5 Å². The molecule has 0 fully saturated rings. The average molecular weight is 364 g/mol. The predicted octanol–water partition coefficient (Wildman–Crippen LogP) is 2.14. The number of nitrogens with one attached hydrogen (secondary N) is 2. The quantitative estimate of drug-likeness (QED) is 0.738. The van der Waals surface area contributed by atoms with Crippen LogP contribution < -0.4 is 20.1 Å². The van der Waals surface area contributed by atoms with Gasteiger partial charge in [0.15, 0.2) is 0 Å². The third-order valence-electron chi connectivity index (χ3n) is 3.53. The van der Waals surface area contributed by atoms with Crippen LogP contribution in [0.3, 0.4) is 0 Å². The van der Waals surface area contributed by atoms with Gasteiger partial charge in [-0.2, -0.15) is 0 Å². The van der Waals surface area contributed by atoms with E-state index in [0.29, 0.717) is 17.6 Å².